The zero-order chi connectivity index (χ0) is 39.3. The van der Waals surface area contributed by atoms with Crippen LogP contribution in [0.25, 0.3) is 107 Å². The third-order valence-corrected chi connectivity index (χ3v) is 13.9. The van der Waals surface area contributed by atoms with Gasteiger partial charge in [0.2, 0.25) is 0 Å². The molecule has 1 heterocycles. The molecule has 12 aromatic carbocycles. The van der Waals surface area contributed by atoms with Gasteiger partial charge >= 0.3 is 0 Å². The number of hydrogen-bond acceptors (Lipinski definition) is 2. The van der Waals surface area contributed by atoms with Crippen molar-refractivity contribution in [3.63, 3.8) is 0 Å². The fourth-order valence-corrected chi connectivity index (χ4v) is 11.2. The molecule has 60 heavy (non-hydrogen) atoms. The summed E-state index contributed by atoms with van der Waals surface area (Å²) in [5, 5.41) is 24.2. The second kappa shape index (κ2) is 13.0. The van der Waals surface area contributed by atoms with Gasteiger partial charge in [-0.3, -0.25) is 0 Å². The Labute approximate surface area is 350 Å². The Balaban J connectivity index is 1.05. The number of nitrogens with zero attached hydrogens (tertiary/aromatic N) is 1. The Morgan fingerprint density at radius 1 is 0.233 bits per heavy atom. The van der Waals surface area contributed by atoms with Crippen LogP contribution in [0.4, 0.5) is 16.4 Å². The van der Waals surface area contributed by atoms with E-state index in [0.717, 1.165) is 11.4 Å². The average Bonchev–Trinajstić information content (AvgIpc) is 3.81. The summed E-state index contributed by atoms with van der Waals surface area (Å²) in [7, 11) is 0. The van der Waals surface area contributed by atoms with E-state index in [-0.39, 0.29) is 0 Å². The highest BCUT2D eigenvalue weighted by atomic mass is 32.1. The standard InChI is InChI=1S/C58H35NS/c1-4-19-45-39(13-1)42-16-7-10-22-48(42)54-33-36(25-28-51(45)54)57-31-32-58(60-57)59(37-26-29-52-46-20-5-2-14-40(46)43-17-8-11-23-49(43)55(52)34-37)38-27-30-53-47-21-6-3-15-41(47)44-18-9-12-24-50(44)56(53)35-38/h1-35H. The Hall–Kier alpha value is -7.52. The molecule has 0 aliphatic carbocycles. The van der Waals surface area contributed by atoms with Crippen molar-refractivity contribution in [2.24, 2.45) is 0 Å². The zero-order valence-electron chi connectivity index (χ0n) is 32.6. The van der Waals surface area contributed by atoms with Crippen LogP contribution in [0.15, 0.2) is 212 Å². The lowest BCUT2D eigenvalue weighted by atomic mass is 9.93. The monoisotopic (exact) mass is 777 g/mol. The molecule has 0 saturated carbocycles. The number of hydrogen-bond donors (Lipinski definition) is 0. The predicted molar refractivity (Wildman–Crippen MR) is 262 cm³/mol. The molecule has 13 aromatic rings. The first-order valence-corrected chi connectivity index (χ1v) is 21.5. The van der Waals surface area contributed by atoms with Crippen LogP contribution in [0, 0.1) is 0 Å². The fraction of sp³-hybridized carbons (Fsp3) is 0. The third-order valence-electron chi connectivity index (χ3n) is 12.8. The van der Waals surface area contributed by atoms with Crippen molar-refractivity contribution in [2.45, 2.75) is 0 Å². The van der Waals surface area contributed by atoms with Gasteiger partial charge in [0.05, 0.1) is 0 Å². The second-order valence-electron chi connectivity index (χ2n) is 16.0. The van der Waals surface area contributed by atoms with Crippen molar-refractivity contribution in [2.75, 3.05) is 4.90 Å². The molecule has 2 heteroatoms. The van der Waals surface area contributed by atoms with Gasteiger partial charge in [0.1, 0.15) is 5.00 Å². The van der Waals surface area contributed by atoms with Gasteiger partial charge in [0, 0.05) is 16.3 Å². The molecule has 0 N–H and O–H groups in total. The molecule has 0 atom stereocenters. The normalized spacial score (nSPS) is 12.0. The summed E-state index contributed by atoms with van der Waals surface area (Å²) in [6, 6.07) is 78.9. The molecule has 13 rings (SSSR count). The average molecular weight is 778 g/mol. The summed E-state index contributed by atoms with van der Waals surface area (Å²) < 4.78 is 0. The van der Waals surface area contributed by atoms with Crippen LogP contribution >= 0.6 is 11.3 Å². The summed E-state index contributed by atoms with van der Waals surface area (Å²) in [5.74, 6) is 0. The molecule has 278 valence electrons. The van der Waals surface area contributed by atoms with Crippen molar-refractivity contribution in [1.82, 2.24) is 0 Å². The van der Waals surface area contributed by atoms with E-state index in [2.05, 4.69) is 217 Å². The first-order valence-electron chi connectivity index (χ1n) is 20.7. The van der Waals surface area contributed by atoms with Crippen LogP contribution in [0.5, 0.6) is 0 Å². The second-order valence-corrected chi connectivity index (χ2v) is 17.0. The number of anilines is 3. The molecule has 0 aliphatic heterocycles. The van der Waals surface area contributed by atoms with Gasteiger partial charge in [0.15, 0.2) is 0 Å². The van der Waals surface area contributed by atoms with Gasteiger partial charge in [0.25, 0.3) is 0 Å². The zero-order valence-corrected chi connectivity index (χ0v) is 33.4. The van der Waals surface area contributed by atoms with Crippen LogP contribution in [0.3, 0.4) is 0 Å². The minimum absolute atomic E-state index is 1.14. The highest BCUT2D eigenvalue weighted by Crippen LogP contribution is 2.47. The smallest absolute Gasteiger partial charge is 0.101 e. The molecule has 1 aromatic heterocycles. The molecule has 1 nitrogen and oxygen atoms in total. The highest BCUT2D eigenvalue weighted by Gasteiger charge is 2.20. The van der Waals surface area contributed by atoms with Crippen LogP contribution in [-0.2, 0) is 0 Å². The SMILES string of the molecule is c1ccc2c(c1)c1ccccc1c1cc(-c3ccc(N(c4ccc5c6ccccc6c6ccccc6c5c4)c4ccc5c6ccccc6c6ccccc6c5c4)s3)ccc21. The minimum Gasteiger partial charge on any atom is -0.302 e. The van der Waals surface area contributed by atoms with Gasteiger partial charge in [-0.25, -0.2) is 0 Å². The maximum absolute atomic E-state index is 2.48. The van der Waals surface area contributed by atoms with E-state index < -0.39 is 0 Å². The molecule has 0 saturated heterocycles. The number of thiophene rings is 1. The minimum atomic E-state index is 1.14. The van der Waals surface area contributed by atoms with Crippen molar-refractivity contribution < 1.29 is 0 Å². The van der Waals surface area contributed by atoms with Gasteiger partial charge in [-0.2, -0.15) is 0 Å². The summed E-state index contributed by atoms with van der Waals surface area (Å²) in [4.78, 5) is 3.72. The van der Waals surface area contributed by atoms with Crippen LogP contribution in [-0.4, -0.2) is 0 Å². The lowest BCUT2D eigenvalue weighted by Crippen LogP contribution is -2.08. The van der Waals surface area contributed by atoms with E-state index in [9.17, 15) is 0 Å². The molecule has 0 spiro atoms. The van der Waals surface area contributed by atoms with Crippen LogP contribution in [0.2, 0.25) is 0 Å². The largest absolute Gasteiger partial charge is 0.302 e. The maximum Gasteiger partial charge on any atom is 0.101 e. The van der Waals surface area contributed by atoms with E-state index in [1.807, 2.05) is 11.3 Å². The van der Waals surface area contributed by atoms with Gasteiger partial charge in [-0.1, -0.05) is 170 Å². The molecular formula is C58H35NS. The molecule has 0 unspecified atom stereocenters. The Kier molecular flexibility index (Phi) is 7.24. The molecule has 0 radical (unpaired) electrons. The summed E-state index contributed by atoms with van der Waals surface area (Å²) >= 11 is 1.85. The van der Waals surface area contributed by atoms with Gasteiger partial charge in [-0.15, -0.1) is 11.3 Å². The van der Waals surface area contributed by atoms with E-state index in [1.165, 1.54) is 112 Å². The third kappa shape index (κ3) is 4.92. The number of benzene rings is 12. The van der Waals surface area contributed by atoms with Gasteiger partial charge in [-0.05, 0) is 145 Å². The quantitative estimate of drug-likeness (QED) is 0.161. The van der Waals surface area contributed by atoms with Crippen molar-refractivity contribution in [3.05, 3.63) is 212 Å². The first-order chi connectivity index (χ1) is 29.8. The van der Waals surface area contributed by atoms with Crippen LogP contribution in [0.1, 0.15) is 0 Å². The van der Waals surface area contributed by atoms with Crippen molar-refractivity contribution in [3.8, 4) is 10.4 Å². The highest BCUT2D eigenvalue weighted by molar-refractivity contribution is 7.19. The van der Waals surface area contributed by atoms with E-state index >= 15 is 0 Å². The van der Waals surface area contributed by atoms with Crippen molar-refractivity contribution >= 4 is 125 Å². The van der Waals surface area contributed by atoms with E-state index in [0.29, 0.717) is 0 Å². The van der Waals surface area contributed by atoms with E-state index in [1.54, 1.807) is 0 Å². The molecule has 0 aliphatic rings. The molecular weight excluding hydrogens is 743 g/mol. The molecule has 0 amide bonds. The number of rotatable bonds is 4. The maximum atomic E-state index is 2.48. The lowest BCUT2D eigenvalue weighted by molar-refractivity contribution is 1.33. The Morgan fingerprint density at radius 3 is 0.867 bits per heavy atom. The number of fused-ring (bicyclic) bond motifs is 18. The predicted octanol–water partition coefficient (Wildman–Crippen LogP) is 17.3. The Morgan fingerprint density at radius 2 is 0.517 bits per heavy atom. The molecule has 0 bridgehead atoms. The van der Waals surface area contributed by atoms with Gasteiger partial charge < -0.3 is 4.90 Å². The summed E-state index contributed by atoms with van der Waals surface area (Å²) in [6.07, 6.45) is 0. The fourth-order valence-electron chi connectivity index (χ4n) is 10.1. The first kappa shape index (κ1) is 33.5. The Bertz CT molecular complexity index is 3650. The summed E-state index contributed by atoms with van der Waals surface area (Å²) in [5.41, 5.74) is 3.50. The van der Waals surface area contributed by atoms with Crippen LogP contribution < -0.4 is 4.90 Å². The summed E-state index contributed by atoms with van der Waals surface area (Å²) in [6.45, 7) is 0. The van der Waals surface area contributed by atoms with E-state index in [4.69, 9.17) is 0 Å². The lowest BCUT2D eigenvalue weighted by Gasteiger charge is -2.25. The molecule has 0 fully saturated rings. The van der Waals surface area contributed by atoms with Crippen molar-refractivity contribution in [1.29, 1.82) is 0 Å². The topological polar surface area (TPSA) is 3.24 Å².